The van der Waals surface area contributed by atoms with Crippen molar-refractivity contribution in [1.29, 1.82) is 0 Å². The third-order valence-corrected chi connectivity index (χ3v) is 5.28. The van der Waals surface area contributed by atoms with Crippen molar-refractivity contribution in [3.63, 3.8) is 0 Å². The molecule has 0 heterocycles. The molecule has 0 saturated heterocycles. The van der Waals surface area contributed by atoms with E-state index in [0.717, 1.165) is 12.3 Å². The first kappa shape index (κ1) is 11.0. The molecule has 0 spiro atoms. The quantitative estimate of drug-likeness (QED) is 0.654. The van der Waals surface area contributed by atoms with E-state index in [9.17, 15) is 4.79 Å². The number of hydrogen-bond acceptors (Lipinski definition) is 2. The number of hydrogen-bond donors (Lipinski definition) is 0. The van der Waals surface area contributed by atoms with Crippen molar-refractivity contribution in [2.24, 2.45) is 16.7 Å². The maximum absolute atomic E-state index is 11.4. The highest BCUT2D eigenvalue weighted by Gasteiger charge is 2.62. The third kappa shape index (κ3) is 1.33. The van der Waals surface area contributed by atoms with Gasteiger partial charge in [-0.2, -0.15) is 0 Å². The number of esters is 1. The average Bonchev–Trinajstić information content (AvgIpc) is 2.50. The van der Waals surface area contributed by atoms with Crippen molar-refractivity contribution < 1.29 is 9.53 Å². The van der Waals surface area contributed by atoms with Crippen molar-refractivity contribution in [3.05, 3.63) is 0 Å². The predicted octanol–water partition coefficient (Wildman–Crippen LogP) is 3.15. The fourth-order valence-corrected chi connectivity index (χ4v) is 3.55. The van der Waals surface area contributed by atoms with E-state index < -0.39 is 0 Å². The molecular weight excluding hydrogens is 188 g/mol. The maximum atomic E-state index is 11.4. The minimum absolute atomic E-state index is 0.0374. The van der Waals surface area contributed by atoms with Gasteiger partial charge in [0, 0.05) is 11.8 Å². The summed E-state index contributed by atoms with van der Waals surface area (Å²) >= 11 is 0. The zero-order valence-electron chi connectivity index (χ0n) is 10.3. The molecule has 0 aromatic carbocycles. The molecule has 2 fully saturated rings. The van der Waals surface area contributed by atoms with Gasteiger partial charge in [0.1, 0.15) is 6.10 Å². The smallest absolute Gasteiger partial charge is 0.305 e. The SMILES string of the molecule is CCC(=O)OC1C[C@H]2CC[C@@]1(C)C2(C)C. The number of carbonyl (C=O) groups is 1. The Labute approximate surface area is 92.4 Å². The third-order valence-electron chi connectivity index (χ3n) is 5.28. The predicted molar refractivity (Wildman–Crippen MR) is 59.4 cm³/mol. The average molecular weight is 210 g/mol. The van der Waals surface area contributed by atoms with Gasteiger partial charge in [-0.05, 0) is 30.6 Å². The molecule has 2 bridgehead atoms. The Morgan fingerprint density at radius 1 is 1.40 bits per heavy atom. The second-order valence-electron chi connectivity index (χ2n) is 5.94. The lowest BCUT2D eigenvalue weighted by Crippen LogP contribution is -2.38. The summed E-state index contributed by atoms with van der Waals surface area (Å²) in [6.07, 6.45) is 4.27. The normalized spacial score (nSPS) is 41.9. The number of rotatable bonds is 2. The van der Waals surface area contributed by atoms with Crippen LogP contribution in [0.1, 0.15) is 53.4 Å². The van der Waals surface area contributed by atoms with Crippen LogP contribution in [0.3, 0.4) is 0 Å². The monoisotopic (exact) mass is 210 g/mol. The summed E-state index contributed by atoms with van der Waals surface area (Å²) in [5.41, 5.74) is 0.550. The second-order valence-corrected chi connectivity index (χ2v) is 5.94. The molecule has 3 atom stereocenters. The van der Waals surface area contributed by atoms with Gasteiger partial charge in [0.15, 0.2) is 0 Å². The number of ether oxygens (including phenoxy) is 1. The van der Waals surface area contributed by atoms with Crippen LogP contribution in [0.5, 0.6) is 0 Å². The van der Waals surface area contributed by atoms with E-state index in [2.05, 4.69) is 20.8 Å². The highest BCUT2D eigenvalue weighted by molar-refractivity contribution is 5.69. The van der Waals surface area contributed by atoms with Gasteiger partial charge in [0.2, 0.25) is 0 Å². The molecule has 86 valence electrons. The maximum Gasteiger partial charge on any atom is 0.305 e. The molecule has 2 rings (SSSR count). The Morgan fingerprint density at radius 2 is 2.07 bits per heavy atom. The molecule has 0 aromatic heterocycles. The first-order valence-corrected chi connectivity index (χ1v) is 6.11. The largest absolute Gasteiger partial charge is 0.462 e. The molecule has 2 saturated carbocycles. The van der Waals surface area contributed by atoms with E-state index in [-0.39, 0.29) is 17.5 Å². The Kier molecular flexibility index (Phi) is 2.36. The van der Waals surface area contributed by atoms with Crippen molar-refractivity contribution in [2.45, 2.75) is 59.5 Å². The van der Waals surface area contributed by atoms with Crippen LogP contribution in [0.2, 0.25) is 0 Å². The molecular formula is C13H22O2. The molecule has 2 nitrogen and oxygen atoms in total. The lowest BCUT2D eigenvalue weighted by Gasteiger charge is -2.38. The van der Waals surface area contributed by atoms with Gasteiger partial charge in [-0.3, -0.25) is 4.79 Å². The van der Waals surface area contributed by atoms with Crippen molar-refractivity contribution >= 4 is 5.97 Å². The fraction of sp³-hybridized carbons (Fsp3) is 0.923. The fourth-order valence-electron chi connectivity index (χ4n) is 3.55. The van der Waals surface area contributed by atoms with Crippen molar-refractivity contribution in [3.8, 4) is 0 Å². The molecule has 1 unspecified atom stereocenters. The highest BCUT2D eigenvalue weighted by atomic mass is 16.5. The molecule has 0 aromatic rings. The lowest BCUT2D eigenvalue weighted by atomic mass is 9.70. The first-order valence-electron chi connectivity index (χ1n) is 6.11. The Balaban J connectivity index is 2.15. The summed E-state index contributed by atoms with van der Waals surface area (Å²) in [6, 6.07) is 0. The van der Waals surface area contributed by atoms with Gasteiger partial charge in [0.05, 0.1) is 0 Å². The van der Waals surface area contributed by atoms with Gasteiger partial charge >= 0.3 is 5.97 Å². The number of carbonyl (C=O) groups excluding carboxylic acids is 1. The molecule has 0 radical (unpaired) electrons. The van der Waals surface area contributed by atoms with Crippen LogP contribution in [0.25, 0.3) is 0 Å². The molecule has 15 heavy (non-hydrogen) atoms. The Hall–Kier alpha value is -0.530. The van der Waals surface area contributed by atoms with Crippen LogP contribution >= 0.6 is 0 Å². The van der Waals surface area contributed by atoms with Crippen LogP contribution < -0.4 is 0 Å². The summed E-state index contributed by atoms with van der Waals surface area (Å²) < 4.78 is 5.59. The lowest BCUT2D eigenvalue weighted by molar-refractivity contribution is -0.156. The van der Waals surface area contributed by atoms with E-state index in [1.165, 1.54) is 12.8 Å². The second kappa shape index (κ2) is 3.23. The van der Waals surface area contributed by atoms with Crippen LogP contribution in [-0.4, -0.2) is 12.1 Å². The topological polar surface area (TPSA) is 26.3 Å². The molecule has 0 amide bonds. The summed E-state index contributed by atoms with van der Waals surface area (Å²) in [5.74, 6) is 0.710. The zero-order valence-corrected chi connectivity index (χ0v) is 10.3. The molecule has 0 N–H and O–H groups in total. The Bertz CT molecular complexity index is 282. The van der Waals surface area contributed by atoms with Gasteiger partial charge in [-0.15, -0.1) is 0 Å². The number of fused-ring (bicyclic) bond motifs is 2. The van der Waals surface area contributed by atoms with Crippen LogP contribution in [0, 0.1) is 16.7 Å². The van der Waals surface area contributed by atoms with Gasteiger partial charge in [-0.1, -0.05) is 27.7 Å². The van der Waals surface area contributed by atoms with Crippen LogP contribution in [0.15, 0.2) is 0 Å². The molecule has 0 aliphatic heterocycles. The molecule has 2 aliphatic carbocycles. The minimum Gasteiger partial charge on any atom is -0.462 e. The summed E-state index contributed by atoms with van der Waals surface area (Å²) in [4.78, 5) is 11.4. The minimum atomic E-state index is -0.0374. The van der Waals surface area contributed by atoms with Crippen molar-refractivity contribution in [1.82, 2.24) is 0 Å². The first-order chi connectivity index (χ1) is 6.91. The van der Waals surface area contributed by atoms with Crippen LogP contribution in [-0.2, 0) is 9.53 Å². The molecule has 2 aliphatic rings. The summed E-state index contributed by atoms with van der Waals surface area (Å²) in [7, 11) is 0. The summed E-state index contributed by atoms with van der Waals surface area (Å²) in [6.45, 7) is 8.84. The molecule has 2 heteroatoms. The highest BCUT2D eigenvalue weighted by Crippen LogP contribution is 2.66. The Morgan fingerprint density at radius 3 is 2.47 bits per heavy atom. The zero-order chi connectivity index (χ0) is 11.3. The van der Waals surface area contributed by atoms with Gasteiger partial charge in [0.25, 0.3) is 0 Å². The van der Waals surface area contributed by atoms with Crippen molar-refractivity contribution in [2.75, 3.05) is 0 Å². The van der Waals surface area contributed by atoms with Gasteiger partial charge < -0.3 is 4.74 Å². The van der Waals surface area contributed by atoms with E-state index >= 15 is 0 Å². The standard InChI is InChI=1S/C13H22O2/c1-5-11(14)15-10-8-9-6-7-13(10,4)12(9,2)3/h9-10H,5-8H2,1-4H3/t9-,10?,13-/m1/s1. The van der Waals surface area contributed by atoms with E-state index in [1.54, 1.807) is 0 Å². The van der Waals surface area contributed by atoms with E-state index in [0.29, 0.717) is 11.8 Å². The van der Waals surface area contributed by atoms with E-state index in [1.807, 2.05) is 6.92 Å². The summed E-state index contributed by atoms with van der Waals surface area (Å²) in [5, 5.41) is 0. The van der Waals surface area contributed by atoms with Crippen LogP contribution in [0.4, 0.5) is 0 Å². The van der Waals surface area contributed by atoms with E-state index in [4.69, 9.17) is 4.74 Å². The van der Waals surface area contributed by atoms with Gasteiger partial charge in [-0.25, -0.2) is 0 Å².